The number of ether oxygens (including phenoxy) is 2. The second kappa shape index (κ2) is 8.12. The molecule has 0 heterocycles. The molecule has 0 saturated carbocycles. The van der Waals surface area contributed by atoms with Gasteiger partial charge < -0.3 is 24.8 Å². The van der Waals surface area contributed by atoms with Crippen LogP contribution in [0.25, 0.3) is 0 Å². The molecule has 2 aromatic carbocycles. The number of aliphatic hydroxyl groups excluding tert-OH is 1. The fraction of sp³-hybridized carbons (Fsp3) is 0.400. The van der Waals surface area contributed by atoms with Crippen molar-refractivity contribution in [2.24, 2.45) is 11.8 Å². The number of benzene rings is 2. The second-order valence-corrected chi connectivity index (χ2v) is 6.42. The first-order chi connectivity index (χ1) is 11.9. The minimum absolute atomic E-state index is 0.0194. The highest BCUT2D eigenvalue weighted by Crippen LogP contribution is 2.35. The van der Waals surface area contributed by atoms with Gasteiger partial charge in [0.2, 0.25) is 0 Å². The van der Waals surface area contributed by atoms with Crippen molar-refractivity contribution >= 4 is 0 Å². The highest BCUT2D eigenvalue weighted by molar-refractivity contribution is 5.43. The monoisotopic (exact) mass is 346 g/mol. The summed E-state index contributed by atoms with van der Waals surface area (Å²) >= 11 is 0. The zero-order valence-electron chi connectivity index (χ0n) is 15.1. The van der Waals surface area contributed by atoms with Gasteiger partial charge in [0, 0.05) is 0 Å². The Hall–Kier alpha value is -2.40. The van der Waals surface area contributed by atoms with Crippen molar-refractivity contribution in [3.8, 4) is 23.0 Å². The topological polar surface area (TPSA) is 79.2 Å². The highest BCUT2D eigenvalue weighted by atomic mass is 16.5. The van der Waals surface area contributed by atoms with Crippen molar-refractivity contribution in [1.82, 2.24) is 0 Å². The zero-order chi connectivity index (χ0) is 18.6. The van der Waals surface area contributed by atoms with Crippen molar-refractivity contribution in [2.45, 2.75) is 26.4 Å². The fourth-order valence-electron chi connectivity index (χ4n) is 2.90. The standard InChI is InChI=1S/C20H26O5/c1-12(9-14-5-7-16(21)18(10-14)24-3)13(2)20(23)15-6-8-17(22)19(11-15)25-4/h5-8,10-13,20-23H,9H2,1-4H3/t12-,13-,20+/m0/s1. The Morgan fingerprint density at radius 1 is 0.880 bits per heavy atom. The van der Waals surface area contributed by atoms with E-state index in [0.29, 0.717) is 17.1 Å². The molecule has 0 aliphatic heterocycles. The number of aliphatic hydroxyl groups is 1. The van der Waals surface area contributed by atoms with Gasteiger partial charge in [0.1, 0.15) is 0 Å². The number of phenolic OH excluding ortho intramolecular Hbond substituents is 2. The van der Waals surface area contributed by atoms with Crippen LogP contribution in [0.5, 0.6) is 23.0 Å². The third-order valence-corrected chi connectivity index (χ3v) is 4.74. The van der Waals surface area contributed by atoms with Crippen molar-refractivity contribution in [3.05, 3.63) is 47.5 Å². The van der Waals surface area contributed by atoms with Gasteiger partial charge in [-0.15, -0.1) is 0 Å². The molecular formula is C20H26O5. The maximum Gasteiger partial charge on any atom is 0.160 e. The van der Waals surface area contributed by atoms with Crippen molar-refractivity contribution in [1.29, 1.82) is 0 Å². The summed E-state index contributed by atoms with van der Waals surface area (Å²) < 4.78 is 10.3. The Bertz CT molecular complexity index is 713. The molecule has 0 radical (unpaired) electrons. The Balaban J connectivity index is 2.12. The van der Waals surface area contributed by atoms with E-state index in [2.05, 4.69) is 6.92 Å². The Morgan fingerprint density at radius 2 is 1.44 bits per heavy atom. The molecule has 2 aromatic rings. The summed E-state index contributed by atoms with van der Waals surface area (Å²) in [4.78, 5) is 0. The van der Waals surface area contributed by atoms with Crippen LogP contribution < -0.4 is 9.47 Å². The first-order valence-electron chi connectivity index (χ1n) is 8.28. The first kappa shape index (κ1) is 18.9. The van der Waals surface area contributed by atoms with Crippen LogP contribution in [0.1, 0.15) is 31.1 Å². The van der Waals surface area contributed by atoms with Gasteiger partial charge in [0.15, 0.2) is 23.0 Å². The minimum Gasteiger partial charge on any atom is -0.504 e. The minimum atomic E-state index is -0.677. The van der Waals surface area contributed by atoms with E-state index in [1.807, 2.05) is 19.1 Å². The lowest BCUT2D eigenvalue weighted by Gasteiger charge is -2.26. The van der Waals surface area contributed by atoms with E-state index in [-0.39, 0.29) is 23.3 Å². The summed E-state index contributed by atoms with van der Waals surface area (Å²) in [7, 11) is 3.00. The summed E-state index contributed by atoms with van der Waals surface area (Å²) in [5.74, 6) is 1.12. The van der Waals surface area contributed by atoms with Gasteiger partial charge >= 0.3 is 0 Å². The molecule has 3 N–H and O–H groups in total. The number of hydrogen-bond acceptors (Lipinski definition) is 5. The molecule has 25 heavy (non-hydrogen) atoms. The van der Waals surface area contributed by atoms with Crippen LogP contribution in [0, 0.1) is 11.8 Å². The maximum absolute atomic E-state index is 10.7. The number of phenols is 2. The van der Waals surface area contributed by atoms with Crippen LogP contribution in [0.2, 0.25) is 0 Å². The van der Waals surface area contributed by atoms with Crippen molar-refractivity contribution in [3.63, 3.8) is 0 Å². The molecule has 3 atom stereocenters. The summed E-state index contributed by atoms with van der Waals surface area (Å²) in [6.07, 6.45) is 0.0629. The summed E-state index contributed by atoms with van der Waals surface area (Å²) in [5, 5.41) is 30.1. The Labute approximate surface area is 148 Å². The normalized spacial score (nSPS) is 14.6. The van der Waals surface area contributed by atoms with Crippen LogP contribution in [-0.2, 0) is 6.42 Å². The summed E-state index contributed by atoms with van der Waals surface area (Å²) in [6, 6.07) is 10.2. The zero-order valence-corrected chi connectivity index (χ0v) is 15.1. The van der Waals surface area contributed by atoms with Gasteiger partial charge in [-0.1, -0.05) is 26.0 Å². The van der Waals surface area contributed by atoms with E-state index in [9.17, 15) is 15.3 Å². The summed E-state index contributed by atoms with van der Waals surface area (Å²) in [5.41, 5.74) is 1.74. The van der Waals surface area contributed by atoms with Crippen LogP contribution >= 0.6 is 0 Å². The van der Waals surface area contributed by atoms with Gasteiger partial charge in [-0.3, -0.25) is 0 Å². The fourth-order valence-corrected chi connectivity index (χ4v) is 2.90. The van der Waals surface area contributed by atoms with Gasteiger partial charge in [-0.2, -0.15) is 0 Å². The van der Waals surface area contributed by atoms with Gasteiger partial charge in [-0.05, 0) is 53.6 Å². The molecule has 5 heteroatoms. The molecule has 5 nitrogen and oxygen atoms in total. The smallest absolute Gasteiger partial charge is 0.160 e. The molecule has 0 aliphatic carbocycles. The van der Waals surface area contributed by atoms with Crippen LogP contribution in [0.15, 0.2) is 36.4 Å². The quantitative estimate of drug-likeness (QED) is 0.713. The largest absolute Gasteiger partial charge is 0.504 e. The van der Waals surface area contributed by atoms with E-state index in [0.717, 1.165) is 12.0 Å². The van der Waals surface area contributed by atoms with Crippen LogP contribution in [0.4, 0.5) is 0 Å². The van der Waals surface area contributed by atoms with Crippen LogP contribution in [-0.4, -0.2) is 29.5 Å². The van der Waals surface area contributed by atoms with E-state index >= 15 is 0 Å². The number of hydrogen-bond donors (Lipinski definition) is 3. The number of aromatic hydroxyl groups is 2. The lowest BCUT2D eigenvalue weighted by molar-refractivity contribution is 0.0869. The SMILES string of the molecule is COc1cc(C[C@H](C)[C@H](C)[C@@H](O)c2ccc(O)c(OC)c2)ccc1O. The summed E-state index contributed by atoms with van der Waals surface area (Å²) in [6.45, 7) is 4.07. The molecule has 0 bridgehead atoms. The average Bonchev–Trinajstić information content (AvgIpc) is 2.62. The molecule has 0 unspecified atom stereocenters. The Morgan fingerprint density at radius 3 is 2.04 bits per heavy atom. The lowest BCUT2D eigenvalue weighted by Crippen LogP contribution is -2.19. The van der Waals surface area contributed by atoms with Crippen molar-refractivity contribution < 1.29 is 24.8 Å². The number of methoxy groups -OCH3 is 2. The maximum atomic E-state index is 10.7. The van der Waals surface area contributed by atoms with Gasteiger partial charge in [0.05, 0.1) is 20.3 Å². The van der Waals surface area contributed by atoms with Gasteiger partial charge in [0.25, 0.3) is 0 Å². The van der Waals surface area contributed by atoms with E-state index in [1.165, 1.54) is 20.3 Å². The molecule has 2 rings (SSSR count). The van der Waals surface area contributed by atoms with Gasteiger partial charge in [-0.25, -0.2) is 0 Å². The Kier molecular flexibility index (Phi) is 6.15. The molecule has 0 aromatic heterocycles. The van der Waals surface area contributed by atoms with Crippen LogP contribution in [0.3, 0.4) is 0 Å². The lowest BCUT2D eigenvalue weighted by atomic mass is 9.83. The van der Waals surface area contributed by atoms with E-state index in [1.54, 1.807) is 18.2 Å². The van der Waals surface area contributed by atoms with E-state index in [4.69, 9.17) is 9.47 Å². The molecule has 0 spiro atoms. The molecule has 0 amide bonds. The number of rotatable bonds is 7. The predicted molar refractivity (Wildman–Crippen MR) is 96.3 cm³/mol. The average molecular weight is 346 g/mol. The third-order valence-electron chi connectivity index (χ3n) is 4.74. The molecule has 0 saturated heterocycles. The molecular weight excluding hydrogens is 320 g/mol. The van der Waals surface area contributed by atoms with E-state index < -0.39 is 6.10 Å². The molecule has 136 valence electrons. The molecule has 0 fully saturated rings. The highest BCUT2D eigenvalue weighted by Gasteiger charge is 2.23. The van der Waals surface area contributed by atoms with Crippen molar-refractivity contribution in [2.75, 3.05) is 14.2 Å². The second-order valence-electron chi connectivity index (χ2n) is 6.42. The molecule has 0 aliphatic rings. The predicted octanol–water partition coefficient (Wildman–Crippen LogP) is 3.66. The third kappa shape index (κ3) is 4.37. The first-order valence-corrected chi connectivity index (χ1v) is 8.28.